The summed E-state index contributed by atoms with van der Waals surface area (Å²) in [6.07, 6.45) is 3.98. The van der Waals surface area contributed by atoms with Crippen molar-refractivity contribution in [1.29, 1.82) is 0 Å². The van der Waals surface area contributed by atoms with Gasteiger partial charge >= 0.3 is 0 Å². The van der Waals surface area contributed by atoms with Gasteiger partial charge in [-0.05, 0) is 37.5 Å². The molecule has 1 aromatic carbocycles. The van der Waals surface area contributed by atoms with Crippen molar-refractivity contribution in [3.05, 3.63) is 35.4 Å². The summed E-state index contributed by atoms with van der Waals surface area (Å²) in [6.45, 7) is 2.78. The summed E-state index contributed by atoms with van der Waals surface area (Å²) in [6, 6.07) is 7.91. The molecule has 0 bridgehead atoms. The van der Waals surface area contributed by atoms with Crippen molar-refractivity contribution >= 4 is 0 Å². The first kappa shape index (κ1) is 16.3. The zero-order valence-electron chi connectivity index (χ0n) is 12.2. The van der Waals surface area contributed by atoms with Gasteiger partial charge in [-0.2, -0.15) is 0 Å². The van der Waals surface area contributed by atoms with E-state index < -0.39 is 0 Å². The number of hydrogen-bond donors (Lipinski definition) is 2. The fourth-order valence-electron chi connectivity index (χ4n) is 1.99. The third-order valence-electron chi connectivity index (χ3n) is 2.97. The Morgan fingerprint density at radius 3 is 2.60 bits per heavy atom. The second kappa shape index (κ2) is 10.1. The molecule has 0 heterocycles. The van der Waals surface area contributed by atoms with E-state index in [1.54, 1.807) is 0 Å². The molecule has 0 aliphatic rings. The highest BCUT2D eigenvalue weighted by Gasteiger charge is 2.03. The lowest BCUT2D eigenvalue weighted by molar-refractivity contribution is 0.276. The first-order valence-corrected chi connectivity index (χ1v) is 7.21. The zero-order valence-corrected chi connectivity index (χ0v) is 12.2. The molecule has 1 aromatic rings. The summed E-state index contributed by atoms with van der Waals surface area (Å²) in [7, 11) is 0. The van der Waals surface area contributed by atoms with Gasteiger partial charge in [0, 0.05) is 23.7 Å². The minimum absolute atomic E-state index is 0.242. The normalized spacial score (nSPS) is 10.9. The summed E-state index contributed by atoms with van der Waals surface area (Å²) >= 11 is 0. The van der Waals surface area contributed by atoms with Gasteiger partial charge in [0.05, 0.1) is 6.54 Å². The molecule has 0 aliphatic heterocycles. The van der Waals surface area contributed by atoms with Crippen LogP contribution >= 0.6 is 0 Å². The molecule has 0 saturated carbocycles. The summed E-state index contributed by atoms with van der Waals surface area (Å²) in [5, 5.41) is 8.91. The molecule has 3 N–H and O–H groups in total. The highest BCUT2D eigenvalue weighted by atomic mass is 16.2. The van der Waals surface area contributed by atoms with E-state index in [9.17, 15) is 0 Å². The van der Waals surface area contributed by atoms with Crippen molar-refractivity contribution in [2.24, 2.45) is 11.7 Å². The SMILES string of the molecule is CCCC(C#Cc1cccc(C#CCN)c1)CCCO. The van der Waals surface area contributed by atoms with Gasteiger partial charge < -0.3 is 10.8 Å². The first-order valence-electron chi connectivity index (χ1n) is 7.21. The van der Waals surface area contributed by atoms with Crippen LogP contribution in [0.1, 0.15) is 43.7 Å². The molecule has 2 nitrogen and oxygen atoms in total. The Hall–Kier alpha value is -1.74. The number of rotatable bonds is 5. The maximum atomic E-state index is 8.91. The number of nitrogens with two attached hydrogens (primary N) is 1. The van der Waals surface area contributed by atoms with Crippen LogP contribution in [0, 0.1) is 29.6 Å². The molecular formula is C18H23NO. The molecule has 0 saturated heterocycles. The van der Waals surface area contributed by atoms with Gasteiger partial charge in [-0.25, -0.2) is 0 Å². The van der Waals surface area contributed by atoms with Gasteiger partial charge in [0.15, 0.2) is 0 Å². The van der Waals surface area contributed by atoms with E-state index in [4.69, 9.17) is 10.8 Å². The Balaban J connectivity index is 2.77. The smallest absolute Gasteiger partial charge is 0.0555 e. The minimum Gasteiger partial charge on any atom is -0.396 e. The van der Waals surface area contributed by atoms with Crippen molar-refractivity contribution in [1.82, 2.24) is 0 Å². The maximum absolute atomic E-state index is 8.91. The molecule has 1 rings (SSSR count). The van der Waals surface area contributed by atoms with Crippen molar-refractivity contribution in [3.63, 3.8) is 0 Å². The Kier molecular flexibility index (Phi) is 8.24. The Labute approximate surface area is 122 Å². The minimum atomic E-state index is 0.242. The molecule has 0 spiro atoms. The standard InChI is InChI=1S/C18H23NO/c1-2-6-16(10-5-14-20)11-12-18-8-3-7-17(15-18)9-4-13-19/h3,7-8,15-16,20H,2,5-6,10,13-14,19H2,1H3. The summed E-state index contributed by atoms with van der Waals surface area (Å²) in [5.41, 5.74) is 7.30. The number of hydrogen-bond acceptors (Lipinski definition) is 2. The van der Waals surface area contributed by atoms with Crippen LogP contribution < -0.4 is 5.73 Å². The predicted molar refractivity (Wildman–Crippen MR) is 84.0 cm³/mol. The Morgan fingerprint density at radius 2 is 1.95 bits per heavy atom. The van der Waals surface area contributed by atoms with Gasteiger partial charge in [-0.3, -0.25) is 0 Å². The highest BCUT2D eigenvalue weighted by molar-refractivity contribution is 5.43. The van der Waals surface area contributed by atoms with Crippen molar-refractivity contribution in [3.8, 4) is 23.7 Å². The third kappa shape index (κ3) is 6.43. The average Bonchev–Trinajstić information content (AvgIpc) is 2.48. The van der Waals surface area contributed by atoms with Crippen LogP contribution in [0.5, 0.6) is 0 Å². The van der Waals surface area contributed by atoms with Crippen molar-refractivity contribution in [2.75, 3.05) is 13.2 Å². The van der Waals surface area contributed by atoms with E-state index in [2.05, 4.69) is 30.6 Å². The van der Waals surface area contributed by atoms with E-state index in [-0.39, 0.29) is 6.61 Å². The van der Waals surface area contributed by atoms with Crippen LogP contribution in [0.25, 0.3) is 0 Å². The predicted octanol–water partition coefficient (Wildman–Crippen LogP) is 2.54. The highest BCUT2D eigenvalue weighted by Crippen LogP contribution is 2.12. The van der Waals surface area contributed by atoms with Crippen LogP contribution in [0.15, 0.2) is 24.3 Å². The van der Waals surface area contributed by atoms with Crippen LogP contribution in [0.3, 0.4) is 0 Å². The molecule has 20 heavy (non-hydrogen) atoms. The molecule has 1 atom stereocenters. The van der Waals surface area contributed by atoms with Gasteiger partial charge in [0.25, 0.3) is 0 Å². The molecule has 2 heteroatoms. The molecule has 0 amide bonds. The monoisotopic (exact) mass is 269 g/mol. The lowest BCUT2D eigenvalue weighted by Gasteiger charge is -2.07. The summed E-state index contributed by atoms with van der Waals surface area (Å²) < 4.78 is 0. The lowest BCUT2D eigenvalue weighted by Crippen LogP contribution is -1.98. The number of aliphatic hydroxyl groups excluding tert-OH is 1. The fraction of sp³-hybridized carbons (Fsp3) is 0.444. The van der Waals surface area contributed by atoms with E-state index in [1.807, 2.05) is 24.3 Å². The second-order valence-corrected chi connectivity index (χ2v) is 4.71. The average molecular weight is 269 g/mol. The van der Waals surface area contributed by atoms with Crippen LogP contribution in [-0.4, -0.2) is 18.3 Å². The largest absolute Gasteiger partial charge is 0.396 e. The van der Waals surface area contributed by atoms with E-state index in [0.29, 0.717) is 12.5 Å². The Bertz CT molecular complexity index is 513. The first-order chi connectivity index (χ1) is 9.80. The molecular weight excluding hydrogens is 246 g/mol. The van der Waals surface area contributed by atoms with Gasteiger partial charge in [0.1, 0.15) is 0 Å². The van der Waals surface area contributed by atoms with Gasteiger partial charge in [0.2, 0.25) is 0 Å². The second-order valence-electron chi connectivity index (χ2n) is 4.71. The fourth-order valence-corrected chi connectivity index (χ4v) is 1.99. The number of benzene rings is 1. The number of aliphatic hydroxyl groups is 1. The van der Waals surface area contributed by atoms with E-state index in [0.717, 1.165) is 36.8 Å². The van der Waals surface area contributed by atoms with Gasteiger partial charge in [-0.1, -0.05) is 43.1 Å². The van der Waals surface area contributed by atoms with Gasteiger partial charge in [-0.15, -0.1) is 0 Å². The van der Waals surface area contributed by atoms with E-state index in [1.165, 1.54) is 0 Å². The molecule has 0 radical (unpaired) electrons. The quantitative estimate of drug-likeness (QED) is 0.807. The summed E-state index contributed by atoms with van der Waals surface area (Å²) in [4.78, 5) is 0. The van der Waals surface area contributed by atoms with Crippen LogP contribution in [-0.2, 0) is 0 Å². The molecule has 0 fully saturated rings. The van der Waals surface area contributed by atoms with Crippen molar-refractivity contribution < 1.29 is 5.11 Å². The zero-order chi connectivity index (χ0) is 14.6. The summed E-state index contributed by atoms with van der Waals surface area (Å²) in [5.74, 6) is 12.8. The molecule has 0 aliphatic carbocycles. The maximum Gasteiger partial charge on any atom is 0.0555 e. The van der Waals surface area contributed by atoms with Crippen LogP contribution in [0.4, 0.5) is 0 Å². The van der Waals surface area contributed by atoms with Crippen LogP contribution in [0.2, 0.25) is 0 Å². The molecule has 106 valence electrons. The Morgan fingerprint density at radius 1 is 1.20 bits per heavy atom. The lowest BCUT2D eigenvalue weighted by atomic mass is 9.98. The topological polar surface area (TPSA) is 46.2 Å². The molecule has 1 unspecified atom stereocenters. The van der Waals surface area contributed by atoms with Crippen molar-refractivity contribution in [2.45, 2.75) is 32.6 Å². The third-order valence-corrected chi connectivity index (χ3v) is 2.97. The molecule has 0 aromatic heterocycles. The van der Waals surface area contributed by atoms with E-state index >= 15 is 0 Å².